The van der Waals surface area contributed by atoms with Gasteiger partial charge in [0, 0.05) is 70.8 Å². The summed E-state index contributed by atoms with van der Waals surface area (Å²) >= 11 is 0. The van der Waals surface area contributed by atoms with Crippen molar-refractivity contribution < 1.29 is 18.7 Å². The first-order valence-corrected chi connectivity index (χ1v) is 14.7. The maximum atomic E-state index is 13.5. The number of imidazole rings is 1. The van der Waals surface area contributed by atoms with Gasteiger partial charge in [-0.1, -0.05) is 6.92 Å². The Labute approximate surface area is 252 Å². The van der Waals surface area contributed by atoms with Crippen molar-refractivity contribution in [2.24, 2.45) is 0 Å². The molecule has 44 heavy (non-hydrogen) atoms. The van der Waals surface area contributed by atoms with E-state index in [4.69, 9.17) is 4.74 Å². The topological polar surface area (TPSA) is 148 Å². The lowest BCUT2D eigenvalue weighted by molar-refractivity contribution is -0.127. The number of ether oxygens (including phenoxy) is 1. The molecule has 13 nitrogen and oxygen atoms in total. The fourth-order valence-corrected chi connectivity index (χ4v) is 5.32. The normalized spacial score (nSPS) is 13.2. The number of carbonyl (C=O) groups is 2. The molecular weight excluding hydrogens is 571 g/mol. The van der Waals surface area contributed by atoms with E-state index in [9.17, 15) is 23.6 Å². The first-order chi connectivity index (χ1) is 21.3. The fraction of sp³-hybridized carbons (Fsp3) is 0.433. The van der Waals surface area contributed by atoms with E-state index in [1.54, 1.807) is 24.1 Å². The summed E-state index contributed by atoms with van der Waals surface area (Å²) in [5, 5.41) is 0. The van der Waals surface area contributed by atoms with Crippen molar-refractivity contribution >= 4 is 28.8 Å². The molecule has 0 unspecified atom stereocenters. The van der Waals surface area contributed by atoms with Gasteiger partial charge in [-0.15, -0.1) is 0 Å². The van der Waals surface area contributed by atoms with E-state index in [1.165, 1.54) is 32.5 Å². The third-order valence-electron chi connectivity index (χ3n) is 7.54. The lowest BCUT2D eigenvalue weighted by atomic mass is 10.2. The Hall–Kier alpha value is -4.72. The van der Waals surface area contributed by atoms with Crippen LogP contribution in [0.15, 0.2) is 46.2 Å². The summed E-state index contributed by atoms with van der Waals surface area (Å²) in [7, 11) is 1.58. The van der Waals surface area contributed by atoms with Gasteiger partial charge in [0.15, 0.2) is 5.65 Å². The molecule has 5 heterocycles. The molecule has 1 saturated heterocycles. The Bertz CT molecular complexity index is 1750. The smallest absolute Gasteiger partial charge is 0.332 e. The number of methoxy groups -OCH3 is 1. The van der Waals surface area contributed by atoms with Gasteiger partial charge in [0.1, 0.15) is 17.2 Å². The molecule has 4 aromatic heterocycles. The number of hydrogen-bond acceptors (Lipinski definition) is 8. The summed E-state index contributed by atoms with van der Waals surface area (Å²) in [5.41, 5.74) is 0.333. The second-order valence-corrected chi connectivity index (χ2v) is 10.6. The molecule has 4 aromatic rings. The molecule has 232 valence electrons. The zero-order valence-electron chi connectivity index (χ0n) is 24.8. The summed E-state index contributed by atoms with van der Waals surface area (Å²) in [6.45, 7) is 4.41. The number of fused-ring (bicyclic) bond motifs is 1. The molecule has 1 aliphatic heterocycles. The average molecular weight is 607 g/mol. The minimum Gasteiger partial charge on any atom is -0.385 e. The molecule has 2 amide bonds. The predicted molar refractivity (Wildman–Crippen MR) is 161 cm³/mol. The quantitative estimate of drug-likeness (QED) is 0.180. The van der Waals surface area contributed by atoms with Crippen LogP contribution >= 0.6 is 0 Å². The lowest BCUT2D eigenvalue weighted by Gasteiger charge is -2.23. The molecule has 14 heteroatoms. The Morgan fingerprint density at radius 2 is 1.89 bits per heavy atom. The number of amides is 2. The first-order valence-electron chi connectivity index (χ1n) is 14.7. The zero-order valence-corrected chi connectivity index (χ0v) is 24.8. The first kappa shape index (κ1) is 30.7. The molecule has 0 atom stereocenters. The van der Waals surface area contributed by atoms with Crippen molar-refractivity contribution in [1.82, 2.24) is 34.0 Å². The van der Waals surface area contributed by atoms with Crippen LogP contribution in [-0.2, 0) is 22.6 Å². The fourth-order valence-electron chi connectivity index (χ4n) is 5.32. The van der Waals surface area contributed by atoms with Gasteiger partial charge in [-0.25, -0.2) is 19.7 Å². The third-order valence-corrected chi connectivity index (χ3v) is 7.54. The van der Waals surface area contributed by atoms with Crippen molar-refractivity contribution in [3.05, 3.63) is 69.0 Å². The van der Waals surface area contributed by atoms with Crippen LogP contribution in [0.4, 0.5) is 10.2 Å². The zero-order chi connectivity index (χ0) is 31.2. The summed E-state index contributed by atoms with van der Waals surface area (Å²) in [6, 6.07) is 5.85. The molecular formula is C30H35FN8O5. The average Bonchev–Trinajstić information content (AvgIpc) is 3.66. The largest absolute Gasteiger partial charge is 0.385 e. The van der Waals surface area contributed by atoms with E-state index in [0.717, 1.165) is 12.5 Å². The Kier molecular flexibility index (Phi) is 9.58. The number of H-pyrrole nitrogens is 1. The molecule has 0 bridgehead atoms. The van der Waals surface area contributed by atoms with E-state index in [0.29, 0.717) is 69.1 Å². The number of likely N-dealkylation sites (tertiary alicyclic amines) is 1. The van der Waals surface area contributed by atoms with E-state index in [2.05, 4.69) is 19.9 Å². The number of aromatic nitrogens is 6. The Balaban J connectivity index is 1.45. The van der Waals surface area contributed by atoms with Crippen molar-refractivity contribution in [3.8, 4) is 11.4 Å². The van der Waals surface area contributed by atoms with Crippen LogP contribution in [0.3, 0.4) is 0 Å². The number of halogens is 1. The third kappa shape index (κ3) is 6.44. The SMILES string of the molecule is CCCn1c(=O)c2[nH]c(-c3ccc(N(CCCN4CCCC4=O)C(=O)c4ccc(F)nc4)nc3)nc2n(CCCOC)c1=O. The van der Waals surface area contributed by atoms with E-state index >= 15 is 0 Å². The van der Waals surface area contributed by atoms with Crippen molar-refractivity contribution in [3.63, 3.8) is 0 Å². The van der Waals surface area contributed by atoms with Crippen molar-refractivity contribution in [2.45, 2.75) is 52.1 Å². The second kappa shape index (κ2) is 13.7. The number of aryl methyl sites for hydroxylation is 1. The number of rotatable bonds is 13. The Morgan fingerprint density at radius 1 is 1.05 bits per heavy atom. The van der Waals surface area contributed by atoms with Gasteiger partial charge in [-0.2, -0.15) is 4.39 Å². The number of anilines is 1. The molecule has 1 fully saturated rings. The van der Waals surface area contributed by atoms with Gasteiger partial charge in [-0.05, 0) is 49.9 Å². The van der Waals surface area contributed by atoms with Gasteiger partial charge in [0.05, 0.1) is 5.56 Å². The van der Waals surface area contributed by atoms with Crippen LogP contribution in [0, 0.1) is 5.95 Å². The number of nitrogens with zero attached hydrogens (tertiary/aromatic N) is 7. The van der Waals surface area contributed by atoms with E-state index < -0.39 is 23.1 Å². The minimum atomic E-state index is -0.695. The van der Waals surface area contributed by atoms with Crippen LogP contribution in [0.1, 0.15) is 49.4 Å². The monoisotopic (exact) mass is 606 g/mol. The van der Waals surface area contributed by atoms with Gasteiger partial charge < -0.3 is 14.6 Å². The summed E-state index contributed by atoms with van der Waals surface area (Å²) in [5.74, 6) is -0.318. The minimum absolute atomic E-state index is 0.101. The Morgan fingerprint density at radius 3 is 2.55 bits per heavy atom. The van der Waals surface area contributed by atoms with E-state index in [1.807, 2.05) is 6.92 Å². The standard InChI is InChI=1S/C30H35FN8O5/c1-3-12-39-29(42)25-27(38(30(39)43)16-6-17-44-2)35-26(34-25)20-9-11-23(33-18-20)37(15-5-14-36-13-4-7-24(36)40)28(41)21-8-10-22(31)32-19-21/h8-11,18-19H,3-7,12-17H2,1-2H3,(H,34,35). The van der Waals surface area contributed by atoms with Gasteiger partial charge in [0.2, 0.25) is 11.9 Å². The van der Waals surface area contributed by atoms with Crippen LogP contribution < -0.4 is 16.1 Å². The van der Waals surface area contributed by atoms with E-state index in [-0.39, 0.29) is 35.7 Å². The number of pyridine rings is 2. The maximum absolute atomic E-state index is 13.5. The summed E-state index contributed by atoms with van der Waals surface area (Å²) < 4.78 is 21.3. The highest BCUT2D eigenvalue weighted by Crippen LogP contribution is 2.22. The van der Waals surface area contributed by atoms with Crippen molar-refractivity contribution in [2.75, 3.05) is 38.3 Å². The number of aromatic amines is 1. The lowest BCUT2D eigenvalue weighted by Crippen LogP contribution is -2.40. The number of hydrogen-bond donors (Lipinski definition) is 1. The number of nitrogens with one attached hydrogen (secondary N) is 1. The van der Waals surface area contributed by atoms with Crippen LogP contribution in [0.25, 0.3) is 22.6 Å². The van der Waals surface area contributed by atoms with Gasteiger partial charge in [0.25, 0.3) is 11.5 Å². The van der Waals surface area contributed by atoms with Gasteiger partial charge >= 0.3 is 5.69 Å². The molecule has 0 spiro atoms. The van der Waals surface area contributed by atoms with Crippen molar-refractivity contribution in [1.29, 1.82) is 0 Å². The molecule has 0 aromatic carbocycles. The molecule has 1 aliphatic rings. The van der Waals surface area contributed by atoms with Gasteiger partial charge in [-0.3, -0.25) is 28.4 Å². The second-order valence-electron chi connectivity index (χ2n) is 10.6. The van der Waals surface area contributed by atoms with Crippen LogP contribution in [-0.4, -0.2) is 79.1 Å². The summed E-state index contributed by atoms with van der Waals surface area (Å²) in [6.07, 6.45) is 5.75. The predicted octanol–water partition coefficient (Wildman–Crippen LogP) is 2.59. The molecule has 0 aliphatic carbocycles. The summed E-state index contributed by atoms with van der Waals surface area (Å²) in [4.78, 5) is 71.0. The van der Waals surface area contributed by atoms with Crippen LogP contribution in [0.2, 0.25) is 0 Å². The molecule has 0 saturated carbocycles. The maximum Gasteiger partial charge on any atom is 0.332 e. The molecule has 1 N–H and O–H groups in total. The van der Waals surface area contributed by atoms with Crippen LogP contribution in [0.5, 0.6) is 0 Å². The number of carbonyl (C=O) groups excluding carboxylic acids is 2. The highest BCUT2D eigenvalue weighted by Gasteiger charge is 2.23. The highest BCUT2D eigenvalue weighted by molar-refractivity contribution is 6.05. The molecule has 0 radical (unpaired) electrons. The highest BCUT2D eigenvalue weighted by atomic mass is 19.1. The molecule has 5 rings (SSSR count).